The van der Waals surface area contributed by atoms with Crippen LogP contribution < -0.4 is 5.43 Å². The number of carboxylic acids is 1. The number of hydrazine groups is 1. The van der Waals surface area contributed by atoms with Gasteiger partial charge in [-0.15, -0.1) is 0 Å². The molecule has 0 aliphatic heterocycles. The zero-order valence-electron chi connectivity index (χ0n) is 12.3. The first-order chi connectivity index (χ1) is 11.4. The van der Waals surface area contributed by atoms with Gasteiger partial charge in [-0.3, -0.25) is 10.2 Å². The van der Waals surface area contributed by atoms with Crippen molar-refractivity contribution in [1.82, 2.24) is 10.4 Å². The Labute approximate surface area is 136 Å². The molecule has 0 bridgehead atoms. The summed E-state index contributed by atoms with van der Waals surface area (Å²) in [6.07, 6.45) is -1.41. The molecule has 2 amide bonds. The molecule has 4 N–H and O–H groups in total. The molecule has 0 aliphatic rings. The monoisotopic (exact) mass is 330 g/mol. The van der Waals surface area contributed by atoms with Crippen molar-refractivity contribution in [1.29, 1.82) is 0 Å². The summed E-state index contributed by atoms with van der Waals surface area (Å²) < 4.78 is 0. The van der Waals surface area contributed by atoms with Crippen molar-refractivity contribution in [2.45, 2.75) is 6.54 Å². The van der Waals surface area contributed by atoms with Crippen LogP contribution in [0.5, 0.6) is 5.75 Å². The Hall–Kier alpha value is -3.55. The number of hydrogen-bond acceptors (Lipinski definition) is 4. The van der Waals surface area contributed by atoms with E-state index in [1.54, 1.807) is 0 Å². The number of carboxylic acid groups (broad SMARTS) is 2. The number of nitrogens with zero attached hydrogens (tertiary/aromatic N) is 1. The maximum Gasteiger partial charge on any atom is 0.426 e. The predicted molar refractivity (Wildman–Crippen MR) is 82.5 cm³/mol. The van der Waals surface area contributed by atoms with Gasteiger partial charge >= 0.3 is 12.1 Å². The molecule has 2 aromatic rings. The largest absolute Gasteiger partial charge is 0.508 e. The molecule has 0 spiro atoms. The second-order valence-electron chi connectivity index (χ2n) is 4.83. The first-order valence-corrected chi connectivity index (χ1v) is 6.80. The van der Waals surface area contributed by atoms with Gasteiger partial charge in [0, 0.05) is 0 Å². The van der Waals surface area contributed by atoms with Crippen LogP contribution in [0.2, 0.25) is 0 Å². The number of benzene rings is 2. The summed E-state index contributed by atoms with van der Waals surface area (Å²) in [6.45, 7) is -0.170. The van der Waals surface area contributed by atoms with Crippen molar-refractivity contribution < 1.29 is 29.7 Å². The number of amides is 2. The maximum absolute atomic E-state index is 12.2. The van der Waals surface area contributed by atoms with Crippen LogP contribution in [-0.2, 0) is 6.54 Å². The maximum atomic E-state index is 12.2. The number of carbonyl (C=O) groups excluding carboxylic acids is 1. The summed E-state index contributed by atoms with van der Waals surface area (Å²) in [4.78, 5) is 34.6. The molecule has 124 valence electrons. The Bertz CT molecular complexity index is 772. The van der Waals surface area contributed by atoms with Gasteiger partial charge in [-0.05, 0) is 29.8 Å². The molecule has 24 heavy (non-hydrogen) atoms. The van der Waals surface area contributed by atoms with Crippen LogP contribution in [0.4, 0.5) is 4.79 Å². The zero-order valence-corrected chi connectivity index (χ0v) is 12.3. The first kappa shape index (κ1) is 16.8. The third kappa shape index (κ3) is 4.01. The number of nitrogens with one attached hydrogen (secondary N) is 1. The molecule has 8 heteroatoms. The molecule has 0 atom stereocenters. The van der Waals surface area contributed by atoms with Crippen LogP contribution in [0.25, 0.3) is 0 Å². The lowest BCUT2D eigenvalue weighted by atomic mass is 10.1. The molecule has 0 unspecified atom stereocenters. The molecule has 2 aromatic carbocycles. The van der Waals surface area contributed by atoms with E-state index in [1.165, 1.54) is 48.5 Å². The van der Waals surface area contributed by atoms with Gasteiger partial charge in [0.05, 0.1) is 17.7 Å². The summed E-state index contributed by atoms with van der Waals surface area (Å²) in [5.74, 6) is -2.12. The normalized spacial score (nSPS) is 10.0. The van der Waals surface area contributed by atoms with Gasteiger partial charge in [0.25, 0.3) is 5.91 Å². The summed E-state index contributed by atoms with van der Waals surface area (Å²) in [5, 5.41) is 28.1. The highest BCUT2D eigenvalue weighted by Gasteiger charge is 2.20. The van der Waals surface area contributed by atoms with E-state index < -0.39 is 18.0 Å². The van der Waals surface area contributed by atoms with Crippen molar-refractivity contribution in [3.63, 3.8) is 0 Å². The van der Waals surface area contributed by atoms with Gasteiger partial charge < -0.3 is 15.3 Å². The Morgan fingerprint density at radius 2 is 1.50 bits per heavy atom. The number of carbonyl (C=O) groups is 3. The lowest BCUT2D eigenvalue weighted by molar-refractivity contribution is 0.0678. The minimum Gasteiger partial charge on any atom is -0.508 e. The SMILES string of the molecule is O=C(O)c1ccccc1C(=O)NN(Cc1ccc(O)cc1)C(=O)O. The fraction of sp³-hybridized carbons (Fsp3) is 0.0625. The first-order valence-electron chi connectivity index (χ1n) is 6.80. The van der Waals surface area contributed by atoms with Crippen molar-refractivity contribution in [2.75, 3.05) is 0 Å². The summed E-state index contributed by atoms with van der Waals surface area (Å²) in [5.41, 5.74) is 2.31. The predicted octanol–water partition coefficient (Wildman–Crippen LogP) is 1.92. The van der Waals surface area contributed by atoms with Crippen LogP contribution in [0.3, 0.4) is 0 Å². The molecule has 0 saturated carbocycles. The second-order valence-corrected chi connectivity index (χ2v) is 4.83. The van der Waals surface area contributed by atoms with Crippen molar-refractivity contribution in [3.05, 3.63) is 65.2 Å². The Morgan fingerprint density at radius 3 is 2.04 bits per heavy atom. The van der Waals surface area contributed by atoms with Gasteiger partial charge in [-0.2, -0.15) is 0 Å². The molecule has 0 aliphatic carbocycles. The van der Waals surface area contributed by atoms with E-state index in [-0.39, 0.29) is 23.4 Å². The average Bonchev–Trinajstić information content (AvgIpc) is 2.56. The molecule has 0 radical (unpaired) electrons. The van der Waals surface area contributed by atoms with Gasteiger partial charge in [0.2, 0.25) is 0 Å². The van der Waals surface area contributed by atoms with Gasteiger partial charge in [0.15, 0.2) is 0 Å². The van der Waals surface area contributed by atoms with E-state index in [0.717, 1.165) is 0 Å². The topological polar surface area (TPSA) is 127 Å². The highest BCUT2D eigenvalue weighted by atomic mass is 16.4. The number of phenolic OH excluding ortho intramolecular Hbond substituents is 1. The Balaban J connectivity index is 2.19. The summed E-state index contributed by atoms with van der Waals surface area (Å²) in [7, 11) is 0. The fourth-order valence-corrected chi connectivity index (χ4v) is 1.99. The van der Waals surface area contributed by atoms with Crippen LogP contribution in [-0.4, -0.2) is 38.3 Å². The minimum atomic E-state index is -1.41. The van der Waals surface area contributed by atoms with Crippen LogP contribution in [0.1, 0.15) is 26.3 Å². The number of aromatic hydroxyl groups is 1. The lowest BCUT2D eigenvalue weighted by Crippen LogP contribution is -2.45. The molecule has 0 heterocycles. The van der Waals surface area contributed by atoms with Crippen LogP contribution >= 0.6 is 0 Å². The van der Waals surface area contributed by atoms with E-state index >= 15 is 0 Å². The average molecular weight is 330 g/mol. The number of aromatic carboxylic acids is 1. The highest BCUT2D eigenvalue weighted by molar-refractivity contribution is 6.04. The highest BCUT2D eigenvalue weighted by Crippen LogP contribution is 2.12. The van der Waals surface area contributed by atoms with Crippen LogP contribution in [0.15, 0.2) is 48.5 Å². The second kappa shape index (κ2) is 7.14. The summed E-state index contributed by atoms with van der Waals surface area (Å²) in [6, 6.07) is 11.3. The Morgan fingerprint density at radius 1 is 0.917 bits per heavy atom. The van der Waals surface area contributed by atoms with Gasteiger partial charge in [-0.25, -0.2) is 14.6 Å². The quantitative estimate of drug-likeness (QED) is 0.634. The van der Waals surface area contributed by atoms with Crippen molar-refractivity contribution in [2.24, 2.45) is 0 Å². The third-order valence-corrected chi connectivity index (χ3v) is 3.15. The van der Waals surface area contributed by atoms with Gasteiger partial charge in [0.1, 0.15) is 5.75 Å². The molecular formula is C16H14N2O6. The zero-order chi connectivity index (χ0) is 17.7. The number of rotatable bonds is 4. The third-order valence-electron chi connectivity index (χ3n) is 3.15. The van der Waals surface area contributed by atoms with E-state index in [0.29, 0.717) is 10.6 Å². The standard InChI is InChI=1S/C16H14N2O6/c19-11-7-5-10(6-8-11)9-18(16(23)24)17-14(20)12-3-1-2-4-13(12)15(21)22/h1-8,19H,9H2,(H,17,20)(H,21,22)(H,23,24). The molecule has 0 saturated heterocycles. The van der Waals surface area contributed by atoms with E-state index in [2.05, 4.69) is 5.43 Å². The number of phenols is 1. The minimum absolute atomic E-state index is 0.0278. The van der Waals surface area contributed by atoms with Gasteiger partial charge in [-0.1, -0.05) is 24.3 Å². The van der Waals surface area contributed by atoms with Crippen molar-refractivity contribution in [3.8, 4) is 5.75 Å². The molecule has 8 nitrogen and oxygen atoms in total. The molecule has 0 fully saturated rings. The molecular weight excluding hydrogens is 316 g/mol. The van der Waals surface area contributed by atoms with Crippen molar-refractivity contribution >= 4 is 18.0 Å². The molecule has 0 aromatic heterocycles. The Kier molecular flexibility index (Phi) is 5.00. The molecule has 2 rings (SSSR count). The fourth-order valence-electron chi connectivity index (χ4n) is 1.99. The smallest absolute Gasteiger partial charge is 0.426 e. The van der Waals surface area contributed by atoms with E-state index in [1.807, 2.05) is 0 Å². The lowest BCUT2D eigenvalue weighted by Gasteiger charge is -2.20. The summed E-state index contributed by atoms with van der Waals surface area (Å²) >= 11 is 0. The van der Waals surface area contributed by atoms with E-state index in [4.69, 9.17) is 5.11 Å². The van der Waals surface area contributed by atoms with Crippen LogP contribution in [0, 0.1) is 0 Å². The number of hydrogen-bond donors (Lipinski definition) is 4. The van der Waals surface area contributed by atoms with E-state index in [9.17, 15) is 24.6 Å².